The fourth-order valence-electron chi connectivity index (χ4n) is 3.35. The minimum Gasteiger partial charge on any atom is -0.350 e. The van der Waals surface area contributed by atoms with Crippen LogP contribution in [0.5, 0.6) is 0 Å². The Kier molecular flexibility index (Phi) is 4.74. The summed E-state index contributed by atoms with van der Waals surface area (Å²) in [5, 5.41) is 8.96. The van der Waals surface area contributed by atoms with Crippen molar-refractivity contribution in [2.45, 2.75) is 32.2 Å². The van der Waals surface area contributed by atoms with Crippen molar-refractivity contribution >= 4 is 16.7 Å². The quantitative estimate of drug-likeness (QED) is 0.908. The van der Waals surface area contributed by atoms with E-state index < -0.39 is 0 Å². The zero-order valence-corrected chi connectivity index (χ0v) is 13.1. The normalized spacial score (nSPS) is 17.3. The van der Waals surface area contributed by atoms with Crippen molar-refractivity contribution in [2.75, 3.05) is 13.1 Å². The molecule has 3 rings (SSSR count). The van der Waals surface area contributed by atoms with Gasteiger partial charge in [0.05, 0.1) is 6.04 Å². The topological polar surface area (TPSA) is 41.1 Å². The minimum absolute atomic E-state index is 0.0420. The second-order valence-corrected chi connectivity index (χ2v) is 6.26. The summed E-state index contributed by atoms with van der Waals surface area (Å²) in [7, 11) is 0. The van der Waals surface area contributed by atoms with Crippen LogP contribution < -0.4 is 10.6 Å². The molecule has 22 heavy (non-hydrogen) atoms. The highest BCUT2D eigenvalue weighted by atomic mass is 16.1. The lowest BCUT2D eigenvalue weighted by Gasteiger charge is -2.23. The van der Waals surface area contributed by atoms with E-state index in [0.29, 0.717) is 12.3 Å². The zero-order chi connectivity index (χ0) is 15.4. The summed E-state index contributed by atoms with van der Waals surface area (Å²) in [6.07, 6.45) is 2.86. The maximum absolute atomic E-state index is 12.3. The van der Waals surface area contributed by atoms with E-state index in [2.05, 4.69) is 54.0 Å². The summed E-state index contributed by atoms with van der Waals surface area (Å²) < 4.78 is 0. The van der Waals surface area contributed by atoms with Gasteiger partial charge in [0, 0.05) is 6.42 Å². The van der Waals surface area contributed by atoms with Crippen LogP contribution in [0, 0.1) is 5.92 Å². The predicted octanol–water partition coefficient (Wildman–Crippen LogP) is 3.41. The molecule has 1 fully saturated rings. The van der Waals surface area contributed by atoms with Crippen molar-refractivity contribution in [3.8, 4) is 0 Å². The number of rotatable bonds is 4. The molecule has 0 aliphatic carbocycles. The number of benzene rings is 2. The molecular formula is C19H24N2O. The van der Waals surface area contributed by atoms with E-state index in [-0.39, 0.29) is 11.9 Å². The summed E-state index contributed by atoms with van der Waals surface area (Å²) >= 11 is 0. The Morgan fingerprint density at radius 2 is 1.91 bits per heavy atom. The molecule has 1 saturated heterocycles. The SMILES string of the molecule is CC(NC(=O)CC1CCNCC1)c1cccc2ccccc12. The van der Waals surface area contributed by atoms with Gasteiger partial charge in [-0.3, -0.25) is 4.79 Å². The van der Waals surface area contributed by atoms with Crippen LogP contribution in [0.2, 0.25) is 0 Å². The average Bonchev–Trinajstić information content (AvgIpc) is 2.55. The van der Waals surface area contributed by atoms with E-state index in [1.165, 1.54) is 16.3 Å². The van der Waals surface area contributed by atoms with Gasteiger partial charge >= 0.3 is 0 Å². The third kappa shape index (κ3) is 3.47. The van der Waals surface area contributed by atoms with Crippen LogP contribution in [-0.2, 0) is 4.79 Å². The highest BCUT2D eigenvalue weighted by molar-refractivity contribution is 5.86. The number of hydrogen-bond donors (Lipinski definition) is 2. The smallest absolute Gasteiger partial charge is 0.220 e. The molecule has 3 heteroatoms. The fraction of sp³-hybridized carbons (Fsp3) is 0.421. The Hall–Kier alpha value is -1.87. The largest absolute Gasteiger partial charge is 0.350 e. The van der Waals surface area contributed by atoms with Gasteiger partial charge in [-0.15, -0.1) is 0 Å². The number of hydrogen-bond acceptors (Lipinski definition) is 2. The first-order chi connectivity index (χ1) is 10.7. The molecule has 1 aliphatic heterocycles. The van der Waals surface area contributed by atoms with Crippen molar-refractivity contribution in [3.63, 3.8) is 0 Å². The van der Waals surface area contributed by atoms with Crippen molar-refractivity contribution in [1.82, 2.24) is 10.6 Å². The fourth-order valence-corrected chi connectivity index (χ4v) is 3.35. The first-order valence-corrected chi connectivity index (χ1v) is 8.22. The van der Waals surface area contributed by atoms with Crippen molar-refractivity contribution in [3.05, 3.63) is 48.0 Å². The van der Waals surface area contributed by atoms with E-state index in [1.54, 1.807) is 0 Å². The second kappa shape index (κ2) is 6.93. The van der Waals surface area contributed by atoms with Crippen LogP contribution in [0.3, 0.4) is 0 Å². The molecule has 2 aromatic rings. The summed E-state index contributed by atoms with van der Waals surface area (Å²) in [5.41, 5.74) is 1.19. The molecule has 1 aliphatic rings. The van der Waals surface area contributed by atoms with Gasteiger partial charge in [0.15, 0.2) is 0 Å². The highest BCUT2D eigenvalue weighted by Crippen LogP contribution is 2.24. The van der Waals surface area contributed by atoms with E-state index in [9.17, 15) is 4.79 Å². The van der Waals surface area contributed by atoms with Gasteiger partial charge in [0.2, 0.25) is 5.91 Å². The van der Waals surface area contributed by atoms with Gasteiger partial charge in [-0.1, -0.05) is 42.5 Å². The minimum atomic E-state index is 0.0420. The van der Waals surface area contributed by atoms with E-state index in [1.807, 2.05) is 6.07 Å². The third-order valence-electron chi connectivity index (χ3n) is 4.60. The van der Waals surface area contributed by atoms with Gasteiger partial charge in [-0.2, -0.15) is 0 Å². The number of fused-ring (bicyclic) bond motifs is 1. The molecule has 0 radical (unpaired) electrons. The monoisotopic (exact) mass is 296 g/mol. The standard InChI is InChI=1S/C19H24N2O/c1-14(21-19(22)13-15-9-11-20-12-10-15)17-8-4-6-16-5-2-3-7-18(16)17/h2-8,14-15,20H,9-13H2,1H3,(H,21,22). The molecule has 2 N–H and O–H groups in total. The van der Waals surface area contributed by atoms with Gasteiger partial charge in [0.1, 0.15) is 0 Å². The Labute approximate surface area is 132 Å². The first kappa shape index (κ1) is 15.0. The Balaban J connectivity index is 1.67. The van der Waals surface area contributed by atoms with Crippen molar-refractivity contribution in [1.29, 1.82) is 0 Å². The number of carbonyl (C=O) groups is 1. The van der Waals surface area contributed by atoms with Crippen LogP contribution in [0.4, 0.5) is 0 Å². The summed E-state index contributed by atoms with van der Waals surface area (Å²) in [6, 6.07) is 14.7. The molecule has 1 atom stereocenters. The van der Waals surface area contributed by atoms with Gasteiger partial charge < -0.3 is 10.6 Å². The van der Waals surface area contributed by atoms with Crippen molar-refractivity contribution in [2.24, 2.45) is 5.92 Å². The van der Waals surface area contributed by atoms with Gasteiger partial charge in [-0.05, 0) is 55.1 Å². The number of amides is 1. The van der Waals surface area contributed by atoms with Crippen LogP contribution in [0.15, 0.2) is 42.5 Å². The first-order valence-electron chi connectivity index (χ1n) is 8.22. The van der Waals surface area contributed by atoms with Crippen LogP contribution in [-0.4, -0.2) is 19.0 Å². The molecule has 0 bridgehead atoms. The van der Waals surface area contributed by atoms with E-state index in [4.69, 9.17) is 0 Å². The molecular weight excluding hydrogens is 272 g/mol. The molecule has 0 spiro atoms. The highest BCUT2D eigenvalue weighted by Gasteiger charge is 2.18. The molecule has 2 aromatic carbocycles. The van der Waals surface area contributed by atoms with Crippen LogP contribution >= 0.6 is 0 Å². The lowest BCUT2D eigenvalue weighted by molar-refractivity contribution is -0.122. The van der Waals surface area contributed by atoms with Crippen LogP contribution in [0.25, 0.3) is 10.8 Å². The second-order valence-electron chi connectivity index (χ2n) is 6.26. The van der Waals surface area contributed by atoms with E-state index in [0.717, 1.165) is 25.9 Å². The molecule has 3 nitrogen and oxygen atoms in total. The Bertz CT molecular complexity index is 641. The number of carbonyl (C=O) groups excluding carboxylic acids is 1. The average molecular weight is 296 g/mol. The summed E-state index contributed by atoms with van der Waals surface area (Å²) in [5.74, 6) is 0.702. The maximum Gasteiger partial charge on any atom is 0.220 e. The number of piperidine rings is 1. The lowest BCUT2D eigenvalue weighted by Crippen LogP contribution is -2.33. The van der Waals surface area contributed by atoms with Crippen molar-refractivity contribution < 1.29 is 4.79 Å². The number of nitrogens with one attached hydrogen (secondary N) is 2. The molecule has 0 saturated carbocycles. The summed E-state index contributed by atoms with van der Waals surface area (Å²) in [4.78, 5) is 12.3. The third-order valence-corrected chi connectivity index (χ3v) is 4.60. The maximum atomic E-state index is 12.3. The molecule has 0 aromatic heterocycles. The van der Waals surface area contributed by atoms with E-state index >= 15 is 0 Å². The Morgan fingerprint density at radius 3 is 2.73 bits per heavy atom. The lowest BCUT2D eigenvalue weighted by atomic mass is 9.94. The van der Waals surface area contributed by atoms with Crippen LogP contribution in [0.1, 0.15) is 37.8 Å². The zero-order valence-electron chi connectivity index (χ0n) is 13.1. The predicted molar refractivity (Wildman–Crippen MR) is 90.7 cm³/mol. The summed E-state index contributed by atoms with van der Waals surface area (Å²) in [6.45, 7) is 4.15. The molecule has 1 amide bonds. The molecule has 116 valence electrons. The van der Waals surface area contributed by atoms with Gasteiger partial charge in [-0.25, -0.2) is 0 Å². The molecule has 1 heterocycles. The molecule has 1 unspecified atom stereocenters. The Morgan fingerprint density at radius 1 is 1.18 bits per heavy atom. The van der Waals surface area contributed by atoms with Gasteiger partial charge in [0.25, 0.3) is 0 Å².